The number of guanidine groups is 1. The van der Waals surface area contributed by atoms with E-state index in [-0.39, 0.29) is 69.8 Å². The normalized spacial score (nSPS) is 14.1. The Kier molecular flexibility index (Phi) is 38.2. The highest BCUT2D eigenvalue weighted by molar-refractivity contribution is 6.00. The van der Waals surface area contributed by atoms with Crippen molar-refractivity contribution in [1.82, 2.24) is 63.8 Å². The van der Waals surface area contributed by atoms with Crippen LogP contribution in [0.25, 0.3) is 0 Å². The fourth-order valence-corrected chi connectivity index (χ4v) is 10.9. The zero-order chi connectivity index (χ0) is 80.2. The number of hydrogen-bond acceptors (Lipinski definition) is 17. The van der Waals surface area contributed by atoms with Gasteiger partial charge in [0.2, 0.25) is 94.5 Å². The number of carbonyl (C=O) groups is 16. The molecule has 0 spiro atoms. The van der Waals surface area contributed by atoms with Gasteiger partial charge in [-0.2, -0.15) is 0 Å². The smallest absolute Gasteiger partial charge is 0.243 e. The first kappa shape index (κ1) is 89.7. The second-order valence-electron chi connectivity index (χ2n) is 27.4. The Morgan fingerprint density at radius 3 is 1.09 bits per heavy atom. The number of carbonyl (C=O) groups excluding carboxylic acids is 16. The zero-order valence-electron chi connectivity index (χ0n) is 62.0. The number of rotatable bonds is 47. The number of nitrogens with two attached hydrogens (primary N) is 6. The van der Waals surface area contributed by atoms with Crippen LogP contribution >= 0.6 is 0 Å². The van der Waals surface area contributed by atoms with Gasteiger partial charge in [0.25, 0.3) is 0 Å². The van der Waals surface area contributed by atoms with E-state index in [1.54, 1.807) is 133 Å². The Morgan fingerprint density at radius 1 is 0.355 bits per heavy atom. The molecule has 0 aliphatic rings. The minimum absolute atomic E-state index is 0.00123. The highest BCUT2D eigenvalue weighted by atomic mass is 16.2. The lowest BCUT2D eigenvalue weighted by atomic mass is 9.99. The Hall–Kier alpha value is -11.6. The molecule has 0 fully saturated rings. The molecule has 0 aliphatic carbocycles. The molecule has 0 bridgehead atoms. The van der Waals surface area contributed by atoms with Crippen LogP contribution in [0.4, 0.5) is 0 Å². The molecule has 3 aromatic carbocycles. The van der Waals surface area contributed by atoms with Gasteiger partial charge in [-0.05, 0) is 72.5 Å². The molecule has 35 heteroatoms. The first-order valence-electron chi connectivity index (χ1n) is 35.2. The second-order valence-corrected chi connectivity index (χ2v) is 27.4. The molecule has 107 heavy (non-hydrogen) atoms. The maximum Gasteiger partial charge on any atom is 0.243 e. The van der Waals surface area contributed by atoms with Gasteiger partial charge in [0.05, 0.1) is 13.0 Å². The summed E-state index contributed by atoms with van der Waals surface area (Å²) >= 11 is 0. The summed E-state index contributed by atoms with van der Waals surface area (Å²) in [7, 11) is 0. The third-order valence-electron chi connectivity index (χ3n) is 16.6. The van der Waals surface area contributed by atoms with E-state index in [1.807, 2.05) is 0 Å². The monoisotopic (exact) mass is 1490 g/mol. The molecule has 16 amide bonds. The van der Waals surface area contributed by atoms with Gasteiger partial charge < -0.3 is 98.2 Å². The summed E-state index contributed by atoms with van der Waals surface area (Å²) in [5.41, 5.74) is 35.1. The van der Waals surface area contributed by atoms with Crippen LogP contribution in [0.3, 0.4) is 0 Å². The molecule has 586 valence electrons. The first-order chi connectivity index (χ1) is 50.3. The molecule has 0 saturated heterocycles. The van der Waals surface area contributed by atoms with Gasteiger partial charge in [-0.15, -0.1) is 0 Å². The lowest BCUT2D eigenvalue weighted by molar-refractivity contribution is -0.137. The van der Waals surface area contributed by atoms with Crippen LogP contribution in [-0.2, 0) is 96.0 Å². The van der Waals surface area contributed by atoms with Crippen LogP contribution < -0.4 is 98.2 Å². The van der Waals surface area contributed by atoms with Crippen LogP contribution in [0.2, 0.25) is 0 Å². The molecule has 11 atom stereocenters. The summed E-state index contributed by atoms with van der Waals surface area (Å²) in [4.78, 5) is 221. The van der Waals surface area contributed by atoms with Crippen molar-refractivity contribution >= 4 is 100 Å². The largest absolute Gasteiger partial charge is 0.370 e. The third-order valence-corrected chi connectivity index (χ3v) is 16.6. The molecule has 0 radical (unpaired) electrons. The van der Waals surface area contributed by atoms with Crippen LogP contribution in [0.15, 0.2) is 96.0 Å². The van der Waals surface area contributed by atoms with E-state index in [4.69, 9.17) is 34.4 Å². The zero-order valence-corrected chi connectivity index (χ0v) is 62.0. The number of nitrogens with zero attached hydrogens (tertiary/aromatic N) is 1. The SMILES string of the molecule is CC(=O)N[C@H](Cc1ccccc1)C(=O)N[C@@H](C(=O)N[C@H](Cc1ccccc1)C(=O)N[C@H](CCCN=C(N)N)C(=O)N[C@@H](C(=O)N[C@H](CC(N)=O)C(=O)N[C@H](CCC(N)=O)C(=O)N[C@H](CC(C)C)C(=O)N[C@@H](C(=O)NCC(=O)N[C@H](CCC(N)=O)C(=O)N[C@H](Cc1ccccc1)C(N)=O)C(C)C)C(C)C)C(C)C. The van der Waals surface area contributed by atoms with Crippen LogP contribution in [0, 0.1) is 23.7 Å². The van der Waals surface area contributed by atoms with E-state index in [0.717, 1.165) is 5.56 Å². The molecule has 3 aromatic rings. The maximum absolute atomic E-state index is 14.7. The van der Waals surface area contributed by atoms with Crippen molar-refractivity contribution in [3.63, 3.8) is 0 Å². The van der Waals surface area contributed by atoms with Crippen molar-refractivity contribution in [3.05, 3.63) is 108 Å². The predicted molar refractivity (Wildman–Crippen MR) is 394 cm³/mol. The average Bonchev–Trinajstić information content (AvgIpc) is 0.853. The summed E-state index contributed by atoms with van der Waals surface area (Å²) in [6.07, 6.45) is -2.88. The number of amides is 16. The maximum atomic E-state index is 14.7. The molecule has 0 heterocycles. The van der Waals surface area contributed by atoms with Crippen molar-refractivity contribution in [1.29, 1.82) is 0 Å². The highest BCUT2D eigenvalue weighted by Gasteiger charge is 2.38. The van der Waals surface area contributed by atoms with Gasteiger partial charge in [-0.3, -0.25) is 81.7 Å². The lowest BCUT2D eigenvalue weighted by Gasteiger charge is -2.30. The van der Waals surface area contributed by atoms with E-state index in [1.165, 1.54) is 20.8 Å². The van der Waals surface area contributed by atoms with Crippen LogP contribution in [-0.4, -0.2) is 180 Å². The fourth-order valence-electron chi connectivity index (χ4n) is 10.9. The van der Waals surface area contributed by atoms with E-state index >= 15 is 0 Å². The Labute approximate surface area is 621 Å². The fraction of sp³-hybridized carbons (Fsp3) is 0.514. The molecular weight excluding hydrogens is 1390 g/mol. The summed E-state index contributed by atoms with van der Waals surface area (Å²) in [5, 5.41) is 30.6. The second kappa shape index (κ2) is 45.6. The number of nitrogens with one attached hydrogen (secondary N) is 12. The van der Waals surface area contributed by atoms with Crippen LogP contribution in [0.5, 0.6) is 0 Å². The summed E-state index contributed by atoms with van der Waals surface area (Å²) < 4.78 is 0. The van der Waals surface area contributed by atoms with E-state index in [0.29, 0.717) is 11.1 Å². The number of primary amides is 4. The molecule has 0 aliphatic heterocycles. The average molecular weight is 1490 g/mol. The van der Waals surface area contributed by atoms with Gasteiger partial charge >= 0.3 is 0 Å². The van der Waals surface area contributed by atoms with Gasteiger partial charge in [-0.1, -0.05) is 146 Å². The van der Waals surface area contributed by atoms with Crippen LogP contribution in [0.1, 0.15) is 130 Å². The molecular formula is C72H107N19O16. The summed E-state index contributed by atoms with van der Waals surface area (Å²) in [5.74, 6) is -17.2. The Bertz CT molecular complexity index is 3580. The molecule has 0 aromatic heterocycles. The number of hydrogen-bond donors (Lipinski definition) is 18. The number of aliphatic imine (C=N–C) groups is 1. The van der Waals surface area contributed by atoms with Crippen molar-refractivity contribution in [3.8, 4) is 0 Å². The first-order valence-corrected chi connectivity index (χ1v) is 35.2. The summed E-state index contributed by atoms with van der Waals surface area (Å²) in [6, 6.07) is 10.00. The summed E-state index contributed by atoms with van der Waals surface area (Å²) in [6.45, 7) is 13.3. The van der Waals surface area contributed by atoms with Crippen molar-refractivity contribution in [2.75, 3.05) is 13.1 Å². The molecule has 3 rings (SSSR count). The lowest BCUT2D eigenvalue weighted by Crippen LogP contribution is -2.62. The van der Waals surface area contributed by atoms with Crippen molar-refractivity contribution < 1.29 is 76.7 Å². The van der Waals surface area contributed by atoms with Crippen molar-refractivity contribution in [2.45, 2.75) is 199 Å². The Balaban J connectivity index is 1.89. The van der Waals surface area contributed by atoms with Gasteiger partial charge in [-0.25, -0.2) is 0 Å². The predicted octanol–water partition coefficient (Wildman–Crippen LogP) is -3.86. The van der Waals surface area contributed by atoms with E-state index < -0.39 is 205 Å². The minimum atomic E-state index is -1.89. The molecule has 35 nitrogen and oxygen atoms in total. The van der Waals surface area contributed by atoms with Gasteiger partial charge in [0.1, 0.15) is 66.5 Å². The topological polar surface area (TPSA) is 586 Å². The van der Waals surface area contributed by atoms with Gasteiger partial charge in [0, 0.05) is 45.6 Å². The third kappa shape index (κ3) is 33.8. The van der Waals surface area contributed by atoms with E-state index in [2.05, 4.69) is 68.8 Å². The van der Waals surface area contributed by atoms with Crippen molar-refractivity contribution in [2.24, 2.45) is 63.1 Å². The highest BCUT2D eigenvalue weighted by Crippen LogP contribution is 2.15. The molecule has 0 unspecified atom stereocenters. The number of benzene rings is 3. The molecule has 0 saturated carbocycles. The standard InChI is InChI=1S/C72H107N19O16/c1-38(2)32-50(67(103)89-58(39(3)4)69(105)80-37-57(96)82-47(27-29-54(73)93)62(98)85-49(61(76)97)33-43-20-13-10-14-21-43)86-63(99)48(28-30-55(74)94)84-66(102)53(36-56(75)95)88-71(107)59(40(5)6)90-64(100)46(26-19-31-79-72(77)78)83-65(101)52(35-45-24-17-12-18-25-45)87-70(106)60(41(7)8)91-68(104)51(81-42(9)92)34-44-22-15-11-16-23-44/h10-18,20-25,38-41,46-53,58-60H,19,26-37H2,1-9H3,(H2,73,93)(H2,74,94)(H2,75,95)(H2,76,97)(H,80,105)(H,81,92)(H,82,96)(H,83,101)(H,84,102)(H,85,98)(H,86,99)(H,87,106)(H,88,107)(H,89,103)(H,90,100)(H,91,104)(H4,77,78,79)/t46-,47-,48-,49-,50-,51-,52-,53-,58-,59-,60-/m1/s1. The minimum Gasteiger partial charge on any atom is -0.370 e. The van der Waals surface area contributed by atoms with Gasteiger partial charge in [0.15, 0.2) is 5.96 Å². The Morgan fingerprint density at radius 2 is 0.692 bits per heavy atom. The molecule has 24 N–H and O–H groups in total. The quantitative estimate of drug-likeness (QED) is 0.0146. The van der Waals surface area contributed by atoms with E-state index in [9.17, 15) is 76.7 Å².